The van der Waals surface area contributed by atoms with Gasteiger partial charge in [0.25, 0.3) is 0 Å². The van der Waals surface area contributed by atoms with Gasteiger partial charge in [0.2, 0.25) is 0 Å². The van der Waals surface area contributed by atoms with Crippen molar-refractivity contribution in [1.29, 1.82) is 0 Å². The van der Waals surface area contributed by atoms with Crippen LogP contribution in [0.25, 0.3) is 98.0 Å². The molecule has 0 bridgehead atoms. The molecule has 9 aromatic rings. The normalized spacial score (nSPS) is 12.3. The first-order valence-corrected chi connectivity index (χ1v) is 14.7. The molecule has 1 aliphatic rings. The summed E-state index contributed by atoms with van der Waals surface area (Å²) in [5, 5.41) is 15.9. The minimum Gasteiger partial charge on any atom is -0.0616 e. The molecular weight excluding hydrogens is 504 g/mol. The highest BCUT2D eigenvalue weighted by molar-refractivity contribution is 6.39. The van der Waals surface area contributed by atoms with E-state index in [4.69, 9.17) is 0 Å². The molecule has 0 aromatic heterocycles. The lowest BCUT2D eigenvalue weighted by Crippen LogP contribution is -1.89. The molecule has 0 unspecified atom stereocenters. The zero-order valence-electron chi connectivity index (χ0n) is 22.9. The molecule has 0 fully saturated rings. The number of fused-ring (bicyclic) bond motifs is 14. The van der Waals surface area contributed by atoms with E-state index >= 15 is 0 Å². The van der Waals surface area contributed by atoms with E-state index in [0.29, 0.717) is 0 Å². The van der Waals surface area contributed by atoms with Gasteiger partial charge in [-0.25, -0.2) is 0 Å². The molecule has 10 rings (SSSR count). The topological polar surface area (TPSA) is 0 Å². The van der Waals surface area contributed by atoms with Crippen molar-refractivity contribution in [1.82, 2.24) is 0 Å². The Balaban J connectivity index is 1.38. The van der Waals surface area contributed by atoms with Gasteiger partial charge in [0, 0.05) is 0 Å². The number of hydrogen-bond donors (Lipinski definition) is 0. The molecule has 0 atom stereocenters. The summed E-state index contributed by atoms with van der Waals surface area (Å²) in [5.74, 6) is 0. The van der Waals surface area contributed by atoms with Crippen molar-refractivity contribution in [3.05, 3.63) is 146 Å². The maximum Gasteiger partial charge on any atom is -0.00137 e. The van der Waals surface area contributed by atoms with Crippen LogP contribution >= 0.6 is 0 Å². The number of hydrogen-bond acceptors (Lipinski definition) is 0. The molecular formula is C42H24. The lowest BCUT2D eigenvalue weighted by atomic mass is 9.86. The van der Waals surface area contributed by atoms with Gasteiger partial charge in [-0.3, -0.25) is 0 Å². The third-order valence-corrected chi connectivity index (χ3v) is 9.57. The second kappa shape index (κ2) is 8.06. The van der Waals surface area contributed by atoms with Crippen molar-refractivity contribution in [2.75, 3.05) is 0 Å². The molecule has 0 radical (unpaired) electrons. The summed E-state index contributed by atoms with van der Waals surface area (Å²) in [6.45, 7) is 0. The van der Waals surface area contributed by atoms with Crippen LogP contribution in [0.3, 0.4) is 0 Å². The summed E-state index contributed by atoms with van der Waals surface area (Å²) in [7, 11) is 0. The average molecular weight is 529 g/mol. The molecule has 1 aliphatic carbocycles. The highest BCUT2D eigenvalue weighted by Crippen LogP contribution is 2.50. The third-order valence-electron chi connectivity index (χ3n) is 9.57. The van der Waals surface area contributed by atoms with Crippen LogP contribution < -0.4 is 0 Å². The first-order valence-electron chi connectivity index (χ1n) is 14.7. The van der Waals surface area contributed by atoms with E-state index in [2.05, 4.69) is 146 Å². The molecule has 0 heteroatoms. The largest absolute Gasteiger partial charge is 0.0616 e. The summed E-state index contributed by atoms with van der Waals surface area (Å²) in [5.41, 5.74) is 7.91. The average Bonchev–Trinajstić information content (AvgIpc) is 3.39. The van der Waals surface area contributed by atoms with Gasteiger partial charge >= 0.3 is 0 Å². The molecule has 0 saturated heterocycles. The quantitative estimate of drug-likeness (QED) is 0.186. The van der Waals surface area contributed by atoms with Gasteiger partial charge < -0.3 is 0 Å². The van der Waals surface area contributed by atoms with Crippen LogP contribution in [0, 0.1) is 0 Å². The minimum atomic E-state index is 1.26. The highest BCUT2D eigenvalue weighted by atomic mass is 14.3. The summed E-state index contributed by atoms with van der Waals surface area (Å²) >= 11 is 0. The maximum absolute atomic E-state index is 2.46. The Bertz CT molecular complexity index is 2570. The van der Waals surface area contributed by atoms with Crippen LogP contribution in [0.1, 0.15) is 0 Å². The van der Waals surface area contributed by atoms with Gasteiger partial charge in [-0.2, -0.15) is 0 Å². The van der Waals surface area contributed by atoms with E-state index in [1.54, 1.807) is 0 Å². The van der Waals surface area contributed by atoms with E-state index in [9.17, 15) is 0 Å². The fraction of sp³-hybridized carbons (Fsp3) is 0. The SMILES string of the molecule is c1ccc2c(c1)-c1cccc3c(-c4ccc5c6ccccc6c6c7ccccc7c7ccccc7c6c5c4)ccc-2c13. The second-order valence-corrected chi connectivity index (χ2v) is 11.6. The smallest absolute Gasteiger partial charge is 0.00137 e. The van der Waals surface area contributed by atoms with Gasteiger partial charge in [-0.05, 0) is 104 Å². The molecule has 42 heavy (non-hydrogen) atoms. The van der Waals surface area contributed by atoms with Crippen LogP contribution in [-0.2, 0) is 0 Å². The summed E-state index contributed by atoms with van der Waals surface area (Å²) < 4.78 is 0. The van der Waals surface area contributed by atoms with Crippen LogP contribution in [0.5, 0.6) is 0 Å². The van der Waals surface area contributed by atoms with Crippen molar-refractivity contribution in [2.45, 2.75) is 0 Å². The van der Waals surface area contributed by atoms with Crippen LogP contribution in [-0.4, -0.2) is 0 Å². The molecule has 0 heterocycles. The fourth-order valence-electron chi connectivity index (χ4n) is 7.85. The lowest BCUT2D eigenvalue weighted by molar-refractivity contribution is 1.69. The number of rotatable bonds is 1. The molecule has 0 N–H and O–H groups in total. The second-order valence-electron chi connectivity index (χ2n) is 11.6. The predicted octanol–water partition coefficient (Wildman–Crippen LogP) is 11.9. The van der Waals surface area contributed by atoms with Crippen LogP contribution in [0.4, 0.5) is 0 Å². The van der Waals surface area contributed by atoms with Crippen molar-refractivity contribution >= 4 is 64.6 Å². The van der Waals surface area contributed by atoms with Crippen LogP contribution in [0.2, 0.25) is 0 Å². The zero-order chi connectivity index (χ0) is 27.4. The predicted molar refractivity (Wildman–Crippen MR) is 181 cm³/mol. The standard InChI is InChI=1S/C42H24/c1-2-13-30-27(10-1)34-19-9-18-33-26(22-23-38(30)40(33)34)25-20-21-32-31-14-5-7-16-36(31)41-35-15-6-3-11-28(35)29-12-4-8-17-37(29)42(41)39(32)24-25/h1-24H. The van der Waals surface area contributed by atoms with E-state index in [-0.39, 0.29) is 0 Å². The summed E-state index contributed by atoms with van der Waals surface area (Å²) in [4.78, 5) is 0. The fourth-order valence-corrected chi connectivity index (χ4v) is 7.85. The Morgan fingerprint density at radius 1 is 0.214 bits per heavy atom. The van der Waals surface area contributed by atoms with Gasteiger partial charge in [0.1, 0.15) is 0 Å². The highest BCUT2D eigenvalue weighted by Gasteiger charge is 2.23. The number of benzene rings is 9. The van der Waals surface area contributed by atoms with Gasteiger partial charge in [0.05, 0.1) is 0 Å². The van der Waals surface area contributed by atoms with Gasteiger partial charge in [-0.15, -0.1) is 0 Å². The maximum atomic E-state index is 2.46. The van der Waals surface area contributed by atoms with Crippen molar-refractivity contribution < 1.29 is 0 Å². The Labute approximate surface area is 243 Å². The van der Waals surface area contributed by atoms with Gasteiger partial charge in [0.15, 0.2) is 0 Å². The van der Waals surface area contributed by atoms with E-state index in [1.807, 2.05) is 0 Å². The molecule has 192 valence electrons. The molecule has 0 amide bonds. The van der Waals surface area contributed by atoms with E-state index in [0.717, 1.165) is 0 Å². The zero-order valence-corrected chi connectivity index (χ0v) is 22.9. The third kappa shape index (κ3) is 2.77. The monoisotopic (exact) mass is 528 g/mol. The molecule has 0 spiro atoms. The van der Waals surface area contributed by atoms with Crippen molar-refractivity contribution in [3.63, 3.8) is 0 Å². The van der Waals surface area contributed by atoms with Crippen LogP contribution in [0.15, 0.2) is 146 Å². The first-order chi connectivity index (χ1) is 20.9. The van der Waals surface area contributed by atoms with E-state index < -0.39 is 0 Å². The summed E-state index contributed by atoms with van der Waals surface area (Å²) in [6.07, 6.45) is 0. The van der Waals surface area contributed by atoms with E-state index in [1.165, 1.54) is 98.0 Å². The Morgan fingerprint density at radius 2 is 0.643 bits per heavy atom. The Morgan fingerprint density at radius 3 is 1.26 bits per heavy atom. The Hall–Kier alpha value is -5.46. The summed E-state index contributed by atoms with van der Waals surface area (Å²) in [6, 6.07) is 54.2. The minimum absolute atomic E-state index is 1.26. The molecule has 9 aromatic carbocycles. The molecule has 0 nitrogen and oxygen atoms in total. The lowest BCUT2D eigenvalue weighted by Gasteiger charge is -2.17. The van der Waals surface area contributed by atoms with Crippen molar-refractivity contribution in [2.24, 2.45) is 0 Å². The first kappa shape index (κ1) is 22.3. The Kier molecular flexibility index (Phi) is 4.27. The molecule has 0 saturated carbocycles. The molecule has 0 aliphatic heterocycles. The van der Waals surface area contributed by atoms with Gasteiger partial charge in [-0.1, -0.05) is 140 Å². The van der Waals surface area contributed by atoms with Crippen molar-refractivity contribution in [3.8, 4) is 33.4 Å².